The summed E-state index contributed by atoms with van der Waals surface area (Å²) in [6.45, 7) is 8.88. The van der Waals surface area contributed by atoms with Gasteiger partial charge in [-0.3, -0.25) is 4.79 Å². The van der Waals surface area contributed by atoms with Crippen LogP contribution in [-0.2, 0) is 9.53 Å². The summed E-state index contributed by atoms with van der Waals surface area (Å²) in [5.41, 5.74) is 0. The Bertz CT molecular complexity index is 238. The number of piperazine rings is 1. The number of nitrogens with one attached hydrogen (secondary N) is 2. The minimum atomic E-state index is -0.102. The summed E-state index contributed by atoms with van der Waals surface area (Å²) in [5, 5.41) is 6.56. The number of ether oxygens (including phenoxy) is 1. The fourth-order valence-electron chi connectivity index (χ4n) is 1.76. The predicted octanol–water partition coefficient (Wildman–Crippen LogP) is -0.180. The van der Waals surface area contributed by atoms with Crippen molar-refractivity contribution in [2.45, 2.75) is 39.0 Å². The molecule has 2 atom stereocenters. The van der Waals surface area contributed by atoms with E-state index in [1.54, 1.807) is 4.90 Å². The van der Waals surface area contributed by atoms with E-state index >= 15 is 0 Å². The molecule has 5 heteroatoms. The molecule has 0 radical (unpaired) electrons. The van der Waals surface area contributed by atoms with Crippen molar-refractivity contribution in [2.24, 2.45) is 0 Å². The number of amides is 1. The summed E-state index contributed by atoms with van der Waals surface area (Å²) >= 11 is 0. The first-order valence-electron chi connectivity index (χ1n) is 6.34. The first-order chi connectivity index (χ1) is 8.00. The quantitative estimate of drug-likeness (QED) is 0.703. The van der Waals surface area contributed by atoms with Gasteiger partial charge >= 0.3 is 0 Å². The highest BCUT2D eigenvalue weighted by Gasteiger charge is 2.25. The standard InChI is InChI=1S/C12H25N3O2/c1-9(2)17-6-5-15(4)12(16)11-8-13-10(3)7-14-11/h9-11,13-14H,5-8H2,1-4H3. The molecule has 100 valence electrons. The van der Waals surface area contributed by atoms with Crippen molar-refractivity contribution in [1.82, 2.24) is 15.5 Å². The predicted molar refractivity (Wildman–Crippen MR) is 68.0 cm³/mol. The van der Waals surface area contributed by atoms with Crippen LogP contribution in [0.15, 0.2) is 0 Å². The van der Waals surface area contributed by atoms with Crippen molar-refractivity contribution in [3.8, 4) is 0 Å². The highest BCUT2D eigenvalue weighted by atomic mass is 16.5. The maximum Gasteiger partial charge on any atom is 0.240 e. The van der Waals surface area contributed by atoms with Crippen molar-refractivity contribution < 1.29 is 9.53 Å². The van der Waals surface area contributed by atoms with E-state index in [0.717, 1.165) is 6.54 Å². The molecule has 1 aliphatic rings. The molecular weight excluding hydrogens is 218 g/mol. The van der Waals surface area contributed by atoms with Gasteiger partial charge in [0.05, 0.1) is 18.8 Å². The zero-order valence-electron chi connectivity index (χ0n) is 11.3. The van der Waals surface area contributed by atoms with Gasteiger partial charge in [-0.1, -0.05) is 0 Å². The minimum Gasteiger partial charge on any atom is -0.377 e. The number of hydrogen-bond donors (Lipinski definition) is 2. The van der Waals surface area contributed by atoms with Crippen LogP contribution in [0.4, 0.5) is 0 Å². The van der Waals surface area contributed by atoms with Crippen molar-refractivity contribution in [1.29, 1.82) is 0 Å². The molecule has 5 nitrogen and oxygen atoms in total. The number of likely N-dealkylation sites (N-methyl/N-ethyl adjacent to an activating group) is 1. The Hall–Kier alpha value is -0.650. The van der Waals surface area contributed by atoms with Gasteiger partial charge < -0.3 is 20.3 Å². The molecule has 0 saturated carbocycles. The molecule has 1 fully saturated rings. The van der Waals surface area contributed by atoms with Gasteiger partial charge in [0.1, 0.15) is 0 Å². The van der Waals surface area contributed by atoms with Gasteiger partial charge in [-0.2, -0.15) is 0 Å². The lowest BCUT2D eigenvalue weighted by molar-refractivity contribution is -0.133. The summed E-state index contributed by atoms with van der Waals surface area (Å²) < 4.78 is 5.44. The van der Waals surface area contributed by atoms with Gasteiger partial charge in [0.15, 0.2) is 0 Å². The van der Waals surface area contributed by atoms with Crippen LogP contribution in [0.3, 0.4) is 0 Å². The first kappa shape index (κ1) is 14.4. The number of hydrogen-bond acceptors (Lipinski definition) is 4. The van der Waals surface area contributed by atoms with Gasteiger partial charge in [-0.05, 0) is 20.8 Å². The smallest absolute Gasteiger partial charge is 0.240 e. The minimum absolute atomic E-state index is 0.102. The Morgan fingerprint density at radius 1 is 1.41 bits per heavy atom. The molecule has 2 unspecified atom stereocenters. The largest absolute Gasteiger partial charge is 0.377 e. The second-order valence-corrected chi connectivity index (χ2v) is 4.95. The van der Waals surface area contributed by atoms with E-state index < -0.39 is 0 Å². The average Bonchev–Trinajstić information content (AvgIpc) is 2.28. The van der Waals surface area contributed by atoms with Gasteiger partial charge in [0.2, 0.25) is 5.91 Å². The molecule has 1 heterocycles. The van der Waals surface area contributed by atoms with Crippen molar-refractivity contribution in [3.05, 3.63) is 0 Å². The molecule has 0 aromatic heterocycles. The summed E-state index contributed by atoms with van der Waals surface area (Å²) in [4.78, 5) is 13.8. The third kappa shape index (κ3) is 5.02. The normalized spacial score (nSPS) is 25.0. The molecule has 0 bridgehead atoms. The van der Waals surface area contributed by atoms with Crippen molar-refractivity contribution in [2.75, 3.05) is 33.3 Å². The van der Waals surface area contributed by atoms with Crippen molar-refractivity contribution in [3.63, 3.8) is 0 Å². The number of carbonyl (C=O) groups is 1. The zero-order valence-corrected chi connectivity index (χ0v) is 11.3. The molecule has 0 spiro atoms. The van der Waals surface area contributed by atoms with E-state index in [9.17, 15) is 4.79 Å². The topological polar surface area (TPSA) is 53.6 Å². The lowest BCUT2D eigenvalue weighted by atomic mass is 10.1. The molecule has 0 aliphatic carbocycles. The van der Waals surface area contributed by atoms with Crippen LogP contribution in [0.1, 0.15) is 20.8 Å². The number of carbonyl (C=O) groups excluding carboxylic acids is 1. The molecule has 0 aromatic rings. The maximum atomic E-state index is 12.0. The van der Waals surface area contributed by atoms with Crippen molar-refractivity contribution >= 4 is 5.91 Å². The number of rotatable bonds is 5. The lowest BCUT2D eigenvalue weighted by Crippen LogP contribution is -2.59. The summed E-state index contributed by atoms with van der Waals surface area (Å²) in [7, 11) is 1.83. The second kappa shape index (κ2) is 6.93. The molecule has 1 amide bonds. The zero-order chi connectivity index (χ0) is 12.8. The number of nitrogens with zero attached hydrogens (tertiary/aromatic N) is 1. The van der Waals surface area contributed by atoms with Gasteiger partial charge in [-0.15, -0.1) is 0 Å². The first-order valence-corrected chi connectivity index (χ1v) is 6.34. The third-order valence-electron chi connectivity index (χ3n) is 2.89. The fourth-order valence-corrected chi connectivity index (χ4v) is 1.76. The Labute approximate surface area is 104 Å². The van der Waals surface area contributed by atoms with E-state index in [1.165, 1.54) is 0 Å². The summed E-state index contributed by atoms with van der Waals surface area (Å²) in [6, 6.07) is 0.337. The Morgan fingerprint density at radius 3 is 2.65 bits per heavy atom. The molecular formula is C12H25N3O2. The Morgan fingerprint density at radius 2 is 2.12 bits per heavy atom. The summed E-state index contributed by atoms with van der Waals surface area (Å²) in [5.74, 6) is 0.136. The van der Waals surface area contributed by atoms with E-state index in [0.29, 0.717) is 25.7 Å². The van der Waals surface area contributed by atoms with Crippen LogP contribution in [0.5, 0.6) is 0 Å². The summed E-state index contributed by atoms with van der Waals surface area (Å²) in [6.07, 6.45) is 0.217. The third-order valence-corrected chi connectivity index (χ3v) is 2.89. The van der Waals surface area contributed by atoms with Crippen LogP contribution in [0.25, 0.3) is 0 Å². The van der Waals surface area contributed by atoms with Crippen LogP contribution < -0.4 is 10.6 Å². The van der Waals surface area contributed by atoms with E-state index in [2.05, 4.69) is 17.6 Å². The van der Waals surface area contributed by atoms with Crippen LogP contribution in [0.2, 0.25) is 0 Å². The monoisotopic (exact) mass is 243 g/mol. The molecule has 1 saturated heterocycles. The Balaban J connectivity index is 2.26. The van der Waals surface area contributed by atoms with Crippen LogP contribution in [0, 0.1) is 0 Å². The molecule has 17 heavy (non-hydrogen) atoms. The highest BCUT2D eigenvalue weighted by Crippen LogP contribution is 1.98. The van der Waals surface area contributed by atoms with Crippen LogP contribution in [-0.4, -0.2) is 62.3 Å². The molecule has 1 rings (SSSR count). The van der Waals surface area contributed by atoms with Gasteiger partial charge in [0, 0.05) is 32.7 Å². The Kier molecular flexibility index (Phi) is 5.88. The molecule has 2 N–H and O–H groups in total. The van der Waals surface area contributed by atoms with E-state index in [1.807, 2.05) is 20.9 Å². The fraction of sp³-hybridized carbons (Fsp3) is 0.917. The maximum absolute atomic E-state index is 12.0. The molecule has 0 aromatic carbocycles. The lowest BCUT2D eigenvalue weighted by Gasteiger charge is -2.31. The highest BCUT2D eigenvalue weighted by molar-refractivity contribution is 5.82. The SMILES string of the molecule is CC1CNC(C(=O)N(C)CCOC(C)C)CN1. The molecule has 1 aliphatic heterocycles. The average molecular weight is 243 g/mol. The van der Waals surface area contributed by atoms with Crippen LogP contribution >= 0.6 is 0 Å². The van der Waals surface area contributed by atoms with Gasteiger partial charge in [0.25, 0.3) is 0 Å². The second-order valence-electron chi connectivity index (χ2n) is 4.95. The van der Waals surface area contributed by atoms with E-state index in [-0.39, 0.29) is 18.1 Å². The van der Waals surface area contributed by atoms with E-state index in [4.69, 9.17) is 4.74 Å². The van der Waals surface area contributed by atoms with Gasteiger partial charge in [-0.25, -0.2) is 0 Å².